The average Bonchev–Trinajstić information content (AvgIpc) is 2.50. The molecule has 0 saturated carbocycles. The molecule has 0 atom stereocenters. The van der Waals surface area contributed by atoms with Crippen LogP contribution in [0.3, 0.4) is 0 Å². The molecule has 0 aliphatic heterocycles. The largest absolute Gasteiger partial charge is 0.465 e. The molecular weight excluding hydrogens is 276 g/mol. The van der Waals surface area contributed by atoms with Crippen molar-refractivity contribution in [2.24, 2.45) is 5.41 Å². The highest BCUT2D eigenvalue weighted by Crippen LogP contribution is 2.14. The predicted molar refractivity (Wildman–Crippen MR) is 91.9 cm³/mol. The summed E-state index contributed by atoms with van der Waals surface area (Å²) in [4.78, 5) is 22.2. The van der Waals surface area contributed by atoms with Gasteiger partial charge in [0.15, 0.2) is 0 Å². The second-order valence-electron chi connectivity index (χ2n) is 7.05. The molecular formula is C19H36O3. The van der Waals surface area contributed by atoms with Gasteiger partial charge in [-0.05, 0) is 20.3 Å². The van der Waals surface area contributed by atoms with Crippen molar-refractivity contribution >= 4 is 12.3 Å². The lowest BCUT2D eigenvalue weighted by Gasteiger charge is -2.16. The molecule has 0 amide bonds. The van der Waals surface area contributed by atoms with E-state index in [4.69, 9.17) is 4.74 Å². The molecule has 0 heterocycles. The van der Waals surface area contributed by atoms with Gasteiger partial charge in [0.25, 0.3) is 0 Å². The Morgan fingerprint density at radius 3 is 1.77 bits per heavy atom. The van der Waals surface area contributed by atoms with Crippen molar-refractivity contribution < 1.29 is 14.3 Å². The monoisotopic (exact) mass is 312 g/mol. The van der Waals surface area contributed by atoms with E-state index in [0.29, 0.717) is 6.42 Å². The molecule has 0 saturated heterocycles. The Hall–Kier alpha value is -0.860. The van der Waals surface area contributed by atoms with Gasteiger partial charge in [-0.2, -0.15) is 0 Å². The molecule has 3 nitrogen and oxygen atoms in total. The lowest BCUT2D eigenvalue weighted by atomic mass is 9.98. The zero-order chi connectivity index (χ0) is 16.7. The topological polar surface area (TPSA) is 43.4 Å². The first-order chi connectivity index (χ1) is 10.5. The molecule has 0 N–H and O–H groups in total. The summed E-state index contributed by atoms with van der Waals surface area (Å²) in [5.41, 5.74) is -0.563. The molecule has 3 heteroatoms. The number of esters is 1. The second kappa shape index (κ2) is 13.8. The standard InChI is InChI=1S/C19H36O3/c1-4-5-6-7-8-9-10-11-12-13-14-15-18(21)22-17-19(2,3)16-20/h16H,4-15,17H2,1-3H3. The molecule has 0 spiro atoms. The number of carbonyl (C=O) groups excluding carboxylic acids is 2. The van der Waals surface area contributed by atoms with E-state index in [1.165, 1.54) is 57.8 Å². The van der Waals surface area contributed by atoms with Gasteiger partial charge >= 0.3 is 5.97 Å². The van der Waals surface area contributed by atoms with E-state index in [1.807, 2.05) is 0 Å². The first-order valence-electron chi connectivity index (χ1n) is 9.14. The van der Waals surface area contributed by atoms with E-state index in [9.17, 15) is 9.59 Å². The minimum Gasteiger partial charge on any atom is -0.465 e. The van der Waals surface area contributed by atoms with E-state index in [2.05, 4.69) is 6.92 Å². The predicted octanol–water partition coefficient (Wildman–Crippen LogP) is 5.46. The number of unbranched alkanes of at least 4 members (excludes halogenated alkanes) is 10. The SMILES string of the molecule is CCCCCCCCCCCCCC(=O)OCC(C)(C)C=O. The fourth-order valence-electron chi connectivity index (χ4n) is 2.31. The van der Waals surface area contributed by atoms with Gasteiger partial charge in [0.2, 0.25) is 0 Å². The molecule has 0 fully saturated rings. The third kappa shape index (κ3) is 14.1. The number of rotatable bonds is 15. The Balaban J connectivity index is 3.29. The van der Waals surface area contributed by atoms with Crippen LogP contribution in [0.15, 0.2) is 0 Å². The zero-order valence-electron chi connectivity index (χ0n) is 15.0. The minimum absolute atomic E-state index is 0.175. The van der Waals surface area contributed by atoms with E-state index in [1.54, 1.807) is 13.8 Å². The van der Waals surface area contributed by atoms with Crippen molar-refractivity contribution in [3.8, 4) is 0 Å². The van der Waals surface area contributed by atoms with Crippen molar-refractivity contribution in [2.75, 3.05) is 6.61 Å². The number of hydrogen-bond acceptors (Lipinski definition) is 3. The normalized spacial score (nSPS) is 11.4. The molecule has 0 aromatic heterocycles. The molecule has 0 bridgehead atoms. The summed E-state index contributed by atoms with van der Waals surface area (Å²) in [6.07, 6.45) is 15.3. The van der Waals surface area contributed by atoms with Crippen molar-refractivity contribution in [2.45, 2.75) is 97.8 Å². The fourth-order valence-corrected chi connectivity index (χ4v) is 2.31. The van der Waals surface area contributed by atoms with Crippen LogP contribution in [0, 0.1) is 5.41 Å². The lowest BCUT2D eigenvalue weighted by Crippen LogP contribution is -2.23. The van der Waals surface area contributed by atoms with Crippen LogP contribution in [0.2, 0.25) is 0 Å². The summed E-state index contributed by atoms with van der Waals surface area (Å²) in [6, 6.07) is 0. The first-order valence-corrected chi connectivity index (χ1v) is 9.14. The van der Waals surface area contributed by atoms with Crippen LogP contribution in [-0.4, -0.2) is 18.9 Å². The number of carbonyl (C=O) groups is 2. The van der Waals surface area contributed by atoms with Crippen LogP contribution in [-0.2, 0) is 14.3 Å². The van der Waals surface area contributed by atoms with Gasteiger partial charge in [-0.15, -0.1) is 0 Å². The Labute approximate surface area is 137 Å². The highest BCUT2D eigenvalue weighted by atomic mass is 16.5. The maximum absolute atomic E-state index is 11.5. The fraction of sp³-hybridized carbons (Fsp3) is 0.895. The third-order valence-electron chi connectivity index (χ3n) is 3.91. The third-order valence-corrected chi connectivity index (χ3v) is 3.91. The quantitative estimate of drug-likeness (QED) is 0.229. The lowest BCUT2D eigenvalue weighted by molar-refractivity contribution is -0.147. The van der Waals surface area contributed by atoms with Gasteiger partial charge in [0.05, 0.1) is 5.41 Å². The molecule has 130 valence electrons. The minimum atomic E-state index is -0.563. The highest BCUT2D eigenvalue weighted by molar-refractivity contribution is 5.70. The summed E-state index contributed by atoms with van der Waals surface area (Å²) in [5.74, 6) is -0.175. The molecule has 0 unspecified atom stereocenters. The van der Waals surface area contributed by atoms with Crippen molar-refractivity contribution in [1.29, 1.82) is 0 Å². The van der Waals surface area contributed by atoms with Crippen LogP contribution in [0.1, 0.15) is 97.8 Å². The van der Waals surface area contributed by atoms with Crippen LogP contribution in [0.25, 0.3) is 0 Å². The number of hydrogen-bond donors (Lipinski definition) is 0. The summed E-state index contributed by atoms with van der Waals surface area (Å²) >= 11 is 0. The second-order valence-corrected chi connectivity index (χ2v) is 7.05. The summed E-state index contributed by atoms with van der Waals surface area (Å²) in [5, 5.41) is 0. The van der Waals surface area contributed by atoms with Gasteiger partial charge in [-0.1, -0.05) is 71.1 Å². The highest BCUT2D eigenvalue weighted by Gasteiger charge is 2.18. The van der Waals surface area contributed by atoms with Crippen LogP contribution in [0.4, 0.5) is 0 Å². The zero-order valence-corrected chi connectivity index (χ0v) is 15.0. The van der Waals surface area contributed by atoms with Crippen molar-refractivity contribution in [3.63, 3.8) is 0 Å². The molecule has 0 aromatic carbocycles. The van der Waals surface area contributed by atoms with Gasteiger partial charge in [-0.25, -0.2) is 0 Å². The van der Waals surface area contributed by atoms with E-state index in [-0.39, 0.29) is 12.6 Å². The molecule has 0 radical (unpaired) electrons. The van der Waals surface area contributed by atoms with Gasteiger partial charge in [-0.3, -0.25) is 4.79 Å². The Bertz CT molecular complexity index is 284. The van der Waals surface area contributed by atoms with Gasteiger partial charge in [0, 0.05) is 6.42 Å². The first kappa shape index (κ1) is 21.1. The number of ether oxygens (including phenoxy) is 1. The summed E-state index contributed by atoms with van der Waals surface area (Å²) < 4.78 is 5.12. The molecule has 0 aliphatic carbocycles. The molecule has 0 aromatic rings. The smallest absolute Gasteiger partial charge is 0.305 e. The molecule has 22 heavy (non-hydrogen) atoms. The molecule has 0 aliphatic rings. The average molecular weight is 312 g/mol. The van der Waals surface area contributed by atoms with E-state index < -0.39 is 5.41 Å². The Kier molecular flexibility index (Phi) is 13.2. The van der Waals surface area contributed by atoms with Crippen LogP contribution in [0.5, 0.6) is 0 Å². The van der Waals surface area contributed by atoms with Crippen molar-refractivity contribution in [1.82, 2.24) is 0 Å². The van der Waals surface area contributed by atoms with E-state index in [0.717, 1.165) is 19.1 Å². The van der Waals surface area contributed by atoms with Gasteiger partial charge < -0.3 is 9.53 Å². The van der Waals surface area contributed by atoms with Crippen molar-refractivity contribution in [3.05, 3.63) is 0 Å². The number of aldehydes is 1. The Morgan fingerprint density at radius 2 is 1.32 bits per heavy atom. The summed E-state index contributed by atoms with van der Waals surface area (Å²) in [6.45, 7) is 5.98. The maximum Gasteiger partial charge on any atom is 0.305 e. The maximum atomic E-state index is 11.5. The molecule has 0 rings (SSSR count). The van der Waals surface area contributed by atoms with Crippen LogP contribution < -0.4 is 0 Å². The van der Waals surface area contributed by atoms with Crippen LogP contribution >= 0.6 is 0 Å². The van der Waals surface area contributed by atoms with Gasteiger partial charge in [0.1, 0.15) is 12.9 Å². The Morgan fingerprint density at radius 1 is 0.864 bits per heavy atom. The van der Waals surface area contributed by atoms with E-state index >= 15 is 0 Å². The summed E-state index contributed by atoms with van der Waals surface area (Å²) in [7, 11) is 0.